The van der Waals surface area contributed by atoms with Crippen molar-refractivity contribution in [2.24, 2.45) is 0 Å². The highest BCUT2D eigenvalue weighted by molar-refractivity contribution is 5.75. The van der Waals surface area contributed by atoms with Crippen molar-refractivity contribution in [3.05, 3.63) is 32.8 Å². The Morgan fingerprint density at radius 2 is 2.37 bits per heavy atom. The summed E-state index contributed by atoms with van der Waals surface area (Å²) in [6.45, 7) is 2.38. The Kier molecular flexibility index (Phi) is 4.16. The molecule has 0 radical (unpaired) electrons. The van der Waals surface area contributed by atoms with Gasteiger partial charge in [-0.25, -0.2) is 4.68 Å². The standard InChI is InChI=1S/C12H17N3O4/c1-8(9-3-2-6-19-9)13-11(17)7-15-12(18)5-4-10(16)14-15/h4-5,8-9H,2-3,6-7H2,1H3,(H,13,17)(H,14,16)/t8-,9-/m0/s1. The maximum absolute atomic E-state index is 11.8. The minimum absolute atomic E-state index is 0.0236. The number of nitrogens with one attached hydrogen (secondary N) is 2. The molecule has 2 N–H and O–H groups in total. The van der Waals surface area contributed by atoms with Crippen molar-refractivity contribution in [3.63, 3.8) is 0 Å². The maximum Gasteiger partial charge on any atom is 0.265 e. The number of amides is 1. The molecule has 1 saturated heterocycles. The average Bonchev–Trinajstić information content (AvgIpc) is 2.87. The minimum Gasteiger partial charge on any atom is -0.376 e. The molecular formula is C12H17N3O4. The number of H-pyrrole nitrogens is 1. The van der Waals surface area contributed by atoms with Crippen molar-refractivity contribution in [3.8, 4) is 0 Å². The van der Waals surface area contributed by atoms with Gasteiger partial charge in [-0.05, 0) is 19.8 Å². The van der Waals surface area contributed by atoms with Gasteiger partial charge in [0, 0.05) is 18.7 Å². The van der Waals surface area contributed by atoms with Crippen LogP contribution in [0.3, 0.4) is 0 Å². The number of aromatic nitrogens is 2. The van der Waals surface area contributed by atoms with Crippen LogP contribution in [0.5, 0.6) is 0 Å². The highest BCUT2D eigenvalue weighted by Gasteiger charge is 2.23. The summed E-state index contributed by atoms with van der Waals surface area (Å²) in [7, 11) is 0. The summed E-state index contributed by atoms with van der Waals surface area (Å²) in [6, 6.07) is 2.16. The smallest absolute Gasteiger partial charge is 0.265 e. The molecule has 0 aromatic carbocycles. The summed E-state index contributed by atoms with van der Waals surface area (Å²) in [5.41, 5.74) is -0.834. The topological polar surface area (TPSA) is 93.2 Å². The number of nitrogens with zero attached hydrogens (tertiary/aromatic N) is 1. The van der Waals surface area contributed by atoms with E-state index in [-0.39, 0.29) is 24.6 Å². The van der Waals surface area contributed by atoms with Gasteiger partial charge < -0.3 is 10.1 Å². The van der Waals surface area contributed by atoms with Crippen LogP contribution in [0.25, 0.3) is 0 Å². The molecule has 1 aromatic rings. The van der Waals surface area contributed by atoms with Crippen LogP contribution in [-0.2, 0) is 16.1 Å². The zero-order valence-electron chi connectivity index (χ0n) is 10.7. The molecule has 2 heterocycles. The third kappa shape index (κ3) is 3.54. The second kappa shape index (κ2) is 5.83. The van der Waals surface area contributed by atoms with Gasteiger partial charge in [0.2, 0.25) is 5.91 Å². The molecule has 7 nitrogen and oxygen atoms in total. The van der Waals surface area contributed by atoms with Crippen LogP contribution in [0, 0.1) is 0 Å². The van der Waals surface area contributed by atoms with Crippen molar-refractivity contribution in [2.75, 3.05) is 6.61 Å². The molecule has 0 unspecified atom stereocenters. The van der Waals surface area contributed by atoms with E-state index in [1.165, 1.54) is 0 Å². The zero-order chi connectivity index (χ0) is 13.8. The molecule has 1 fully saturated rings. The fourth-order valence-corrected chi connectivity index (χ4v) is 2.11. The van der Waals surface area contributed by atoms with E-state index in [0.29, 0.717) is 0 Å². The van der Waals surface area contributed by atoms with Gasteiger partial charge in [0.05, 0.1) is 12.1 Å². The normalized spacial score (nSPS) is 20.2. The number of rotatable bonds is 4. The number of hydrogen-bond acceptors (Lipinski definition) is 4. The molecule has 7 heteroatoms. The molecule has 2 rings (SSSR count). The Labute approximate surface area is 109 Å². The third-order valence-electron chi connectivity index (χ3n) is 3.10. The molecular weight excluding hydrogens is 250 g/mol. The number of aromatic amines is 1. The molecule has 1 amide bonds. The Bertz CT molecular complexity index is 557. The third-order valence-corrected chi connectivity index (χ3v) is 3.10. The molecule has 1 aliphatic rings. The molecule has 0 saturated carbocycles. The summed E-state index contributed by atoms with van der Waals surface area (Å²) in [5, 5.41) is 5.08. The van der Waals surface area contributed by atoms with Crippen LogP contribution in [-0.4, -0.2) is 34.4 Å². The molecule has 104 valence electrons. The molecule has 2 atom stereocenters. The lowest BCUT2D eigenvalue weighted by Gasteiger charge is -2.20. The SMILES string of the molecule is C[C@H](NC(=O)Cn1[nH]c(=O)ccc1=O)[C@@H]1CCCO1. The van der Waals surface area contributed by atoms with Crippen LogP contribution in [0.15, 0.2) is 21.7 Å². The minimum atomic E-state index is -0.417. The molecule has 0 spiro atoms. The average molecular weight is 267 g/mol. The quantitative estimate of drug-likeness (QED) is 0.748. The Hall–Kier alpha value is -1.89. The van der Waals surface area contributed by atoms with E-state index >= 15 is 0 Å². The van der Waals surface area contributed by atoms with Gasteiger partial charge in [-0.3, -0.25) is 19.5 Å². The first-order valence-electron chi connectivity index (χ1n) is 6.27. The fraction of sp³-hybridized carbons (Fsp3) is 0.583. The Morgan fingerprint density at radius 3 is 3.05 bits per heavy atom. The molecule has 1 aromatic heterocycles. The lowest BCUT2D eigenvalue weighted by atomic mass is 10.1. The van der Waals surface area contributed by atoms with Gasteiger partial charge >= 0.3 is 0 Å². The van der Waals surface area contributed by atoms with Crippen molar-refractivity contribution in [1.29, 1.82) is 0 Å². The summed E-state index contributed by atoms with van der Waals surface area (Å²) < 4.78 is 6.45. The van der Waals surface area contributed by atoms with Crippen LogP contribution in [0.2, 0.25) is 0 Å². The highest BCUT2D eigenvalue weighted by atomic mass is 16.5. The van der Waals surface area contributed by atoms with Gasteiger partial charge in [-0.1, -0.05) is 0 Å². The molecule has 0 aliphatic carbocycles. The lowest BCUT2D eigenvalue weighted by Crippen LogP contribution is -2.44. The Morgan fingerprint density at radius 1 is 1.58 bits per heavy atom. The van der Waals surface area contributed by atoms with Crippen LogP contribution < -0.4 is 16.4 Å². The summed E-state index contributed by atoms with van der Waals surface area (Å²) in [6.07, 6.45) is 1.94. The summed E-state index contributed by atoms with van der Waals surface area (Å²) >= 11 is 0. The van der Waals surface area contributed by atoms with Gasteiger partial charge in [-0.2, -0.15) is 0 Å². The first kappa shape index (κ1) is 13.5. The largest absolute Gasteiger partial charge is 0.376 e. The maximum atomic E-state index is 11.8. The van der Waals surface area contributed by atoms with Crippen molar-refractivity contribution >= 4 is 5.91 Å². The van der Waals surface area contributed by atoms with E-state index < -0.39 is 11.1 Å². The highest BCUT2D eigenvalue weighted by Crippen LogP contribution is 2.15. The number of ether oxygens (including phenoxy) is 1. The van der Waals surface area contributed by atoms with E-state index in [2.05, 4.69) is 10.4 Å². The van der Waals surface area contributed by atoms with E-state index in [1.807, 2.05) is 6.92 Å². The molecule has 1 aliphatic heterocycles. The predicted octanol–water partition coefficient (Wildman–Crippen LogP) is -0.780. The second-order valence-electron chi connectivity index (χ2n) is 4.64. The number of carbonyl (C=O) groups excluding carboxylic acids is 1. The Balaban J connectivity index is 1.95. The fourth-order valence-electron chi connectivity index (χ4n) is 2.11. The van der Waals surface area contributed by atoms with Gasteiger partial charge in [0.1, 0.15) is 6.54 Å². The van der Waals surface area contributed by atoms with Gasteiger partial charge in [0.25, 0.3) is 11.1 Å². The van der Waals surface area contributed by atoms with E-state index in [9.17, 15) is 14.4 Å². The van der Waals surface area contributed by atoms with Crippen molar-refractivity contribution < 1.29 is 9.53 Å². The predicted molar refractivity (Wildman–Crippen MR) is 67.9 cm³/mol. The molecule has 19 heavy (non-hydrogen) atoms. The van der Waals surface area contributed by atoms with Crippen LogP contribution in [0.4, 0.5) is 0 Å². The first-order valence-corrected chi connectivity index (χ1v) is 6.27. The van der Waals surface area contributed by atoms with Crippen LogP contribution in [0.1, 0.15) is 19.8 Å². The van der Waals surface area contributed by atoms with Crippen molar-refractivity contribution in [2.45, 2.75) is 38.5 Å². The monoisotopic (exact) mass is 267 g/mol. The molecule has 0 bridgehead atoms. The summed E-state index contributed by atoms with van der Waals surface area (Å²) in [5.74, 6) is -0.327. The lowest BCUT2D eigenvalue weighted by molar-refractivity contribution is -0.123. The van der Waals surface area contributed by atoms with E-state index in [4.69, 9.17) is 4.74 Å². The van der Waals surface area contributed by atoms with E-state index in [1.54, 1.807) is 0 Å². The zero-order valence-corrected chi connectivity index (χ0v) is 10.7. The van der Waals surface area contributed by atoms with Gasteiger partial charge in [0.15, 0.2) is 0 Å². The number of hydrogen-bond donors (Lipinski definition) is 2. The van der Waals surface area contributed by atoms with Crippen LogP contribution >= 0.6 is 0 Å². The van der Waals surface area contributed by atoms with Gasteiger partial charge in [-0.15, -0.1) is 0 Å². The second-order valence-corrected chi connectivity index (χ2v) is 4.64. The first-order chi connectivity index (χ1) is 9.06. The van der Waals surface area contributed by atoms with E-state index in [0.717, 1.165) is 36.3 Å². The number of carbonyl (C=O) groups is 1. The summed E-state index contributed by atoms with van der Waals surface area (Å²) in [4.78, 5) is 34.3. The van der Waals surface area contributed by atoms with Crippen molar-refractivity contribution in [1.82, 2.24) is 15.1 Å².